The molecule has 1 heterocycles. The van der Waals surface area contributed by atoms with Gasteiger partial charge >= 0.3 is 5.97 Å². The van der Waals surface area contributed by atoms with Gasteiger partial charge in [0.25, 0.3) is 0 Å². The highest BCUT2D eigenvalue weighted by Gasteiger charge is 2.34. The summed E-state index contributed by atoms with van der Waals surface area (Å²) in [6.45, 7) is 4.79. The van der Waals surface area contributed by atoms with E-state index in [1.54, 1.807) is 0 Å². The molecule has 0 bridgehead atoms. The molecule has 0 radical (unpaired) electrons. The van der Waals surface area contributed by atoms with E-state index in [1.165, 1.54) is 38.6 Å². The van der Waals surface area contributed by atoms with E-state index in [-0.39, 0.29) is 6.04 Å². The first kappa shape index (κ1) is 13.8. The molecular formula is C14H26N2O2. The number of likely N-dealkylation sites (tertiary alicyclic amines) is 1. The fourth-order valence-corrected chi connectivity index (χ4v) is 3.69. The highest BCUT2D eigenvalue weighted by atomic mass is 16.4. The second-order valence-corrected chi connectivity index (χ2v) is 5.67. The Morgan fingerprint density at radius 2 is 2.17 bits per heavy atom. The number of hydrogen-bond donors (Lipinski definition) is 2. The zero-order valence-electron chi connectivity index (χ0n) is 11.4. The first-order valence-electron chi connectivity index (χ1n) is 7.42. The molecule has 2 fully saturated rings. The Morgan fingerprint density at radius 3 is 2.89 bits per heavy atom. The average Bonchev–Trinajstić information content (AvgIpc) is 2.82. The number of nitrogens with one attached hydrogen (secondary N) is 1. The van der Waals surface area contributed by atoms with Gasteiger partial charge in [0, 0.05) is 12.6 Å². The number of aliphatic carboxylic acids is 1. The molecule has 1 aliphatic heterocycles. The van der Waals surface area contributed by atoms with Crippen LogP contribution in [0.25, 0.3) is 0 Å². The van der Waals surface area contributed by atoms with Crippen LogP contribution in [0.4, 0.5) is 0 Å². The molecule has 4 nitrogen and oxygen atoms in total. The third kappa shape index (κ3) is 3.23. The van der Waals surface area contributed by atoms with Gasteiger partial charge in [0.05, 0.1) is 0 Å². The predicted octanol–water partition coefficient (Wildman–Crippen LogP) is 1.70. The second kappa shape index (κ2) is 6.53. The number of carbonyl (C=O) groups is 1. The van der Waals surface area contributed by atoms with Crippen LogP contribution < -0.4 is 5.32 Å². The van der Waals surface area contributed by atoms with Crippen LogP contribution in [0.3, 0.4) is 0 Å². The summed E-state index contributed by atoms with van der Waals surface area (Å²) < 4.78 is 0. The quantitative estimate of drug-likeness (QED) is 0.757. The second-order valence-electron chi connectivity index (χ2n) is 5.67. The summed E-state index contributed by atoms with van der Waals surface area (Å²) in [5.74, 6) is 0.179. The minimum Gasteiger partial charge on any atom is -0.480 e. The first-order valence-corrected chi connectivity index (χ1v) is 7.42. The molecule has 1 aliphatic carbocycles. The van der Waals surface area contributed by atoms with E-state index in [0.717, 1.165) is 31.5 Å². The van der Waals surface area contributed by atoms with Crippen LogP contribution >= 0.6 is 0 Å². The van der Waals surface area contributed by atoms with Crippen LogP contribution in [0.1, 0.15) is 45.4 Å². The van der Waals surface area contributed by atoms with Crippen LogP contribution in [-0.2, 0) is 4.79 Å². The lowest BCUT2D eigenvalue weighted by molar-refractivity contribution is -0.139. The highest BCUT2D eigenvalue weighted by Crippen LogP contribution is 2.36. The van der Waals surface area contributed by atoms with E-state index in [9.17, 15) is 4.79 Å². The van der Waals surface area contributed by atoms with E-state index in [0.29, 0.717) is 0 Å². The van der Waals surface area contributed by atoms with Crippen LogP contribution in [-0.4, -0.2) is 47.7 Å². The van der Waals surface area contributed by atoms with Crippen LogP contribution in [0, 0.1) is 5.92 Å². The van der Waals surface area contributed by atoms with E-state index >= 15 is 0 Å². The van der Waals surface area contributed by atoms with Gasteiger partial charge in [0.1, 0.15) is 6.04 Å². The molecule has 18 heavy (non-hydrogen) atoms. The SMILES string of the molecule is CCNC(CCN1CCCC2CCCC21)C(=O)O. The van der Waals surface area contributed by atoms with Gasteiger partial charge in [-0.25, -0.2) is 0 Å². The Bertz CT molecular complexity index is 283. The summed E-state index contributed by atoms with van der Waals surface area (Å²) in [4.78, 5) is 13.7. The largest absolute Gasteiger partial charge is 0.480 e. The Kier molecular flexibility index (Phi) is 5.01. The fourth-order valence-electron chi connectivity index (χ4n) is 3.69. The maximum Gasteiger partial charge on any atom is 0.320 e. The van der Waals surface area contributed by atoms with Crippen molar-refractivity contribution in [2.24, 2.45) is 5.92 Å². The number of carboxylic acids is 1. The number of hydrogen-bond acceptors (Lipinski definition) is 3. The molecule has 2 N–H and O–H groups in total. The molecule has 0 amide bonds. The van der Waals surface area contributed by atoms with Gasteiger partial charge in [0.2, 0.25) is 0 Å². The molecular weight excluding hydrogens is 228 g/mol. The van der Waals surface area contributed by atoms with Crippen molar-refractivity contribution in [1.29, 1.82) is 0 Å². The van der Waals surface area contributed by atoms with E-state index < -0.39 is 5.97 Å². The van der Waals surface area contributed by atoms with E-state index in [4.69, 9.17) is 5.11 Å². The fraction of sp³-hybridized carbons (Fsp3) is 0.929. The van der Waals surface area contributed by atoms with Crippen molar-refractivity contribution in [3.8, 4) is 0 Å². The van der Waals surface area contributed by atoms with Crippen molar-refractivity contribution in [2.45, 2.75) is 57.5 Å². The Morgan fingerprint density at radius 1 is 1.39 bits per heavy atom. The minimum absolute atomic E-state index is 0.378. The van der Waals surface area contributed by atoms with Gasteiger partial charge in [-0.2, -0.15) is 0 Å². The number of piperidine rings is 1. The number of likely N-dealkylation sites (N-methyl/N-ethyl adjacent to an activating group) is 1. The van der Waals surface area contributed by atoms with Crippen molar-refractivity contribution >= 4 is 5.97 Å². The average molecular weight is 254 g/mol. The van der Waals surface area contributed by atoms with Crippen molar-refractivity contribution in [3.63, 3.8) is 0 Å². The molecule has 4 heteroatoms. The number of carboxylic acid groups (broad SMARTS) is 1. The smallest absolute Gasteiger partial charge is 0.320 e. The molecule has 2 rings (SSSR count). The standard InChI is InChI=1S/C14H26N2O2/c1-2-15-12(14(17)18)8-10-16-9-4-6-11-5-3-7-13(11)16/h11-13,15H,2-10H2,1H3,(H,17,18). The molecule has 0 aromatic rings. The van der Waals surface area contributed by atoms with Crippen molar-refractivity contribution in [3.05, 3.63) is 0 Å². The summed E-state index contributed by atoms with van der Waals surface area (Å²) >= 11 is 0. The zero-order valence-corrected chi connectivity index (χ0v) is 11.4. The van der Waals surface area contributed by atoms with Gasteiger partial charge in [-0.05, 0) is 51.1 Å². The molecule has 1 saturated heterocycles. The Hall–Kier alpha value is -0.610. The third-order valence-electron chi connectivity index (χ3n) is 4.56. The number of fused-ring (bicyclic) bond motifs is 1. The number of rotatable bonds is 6. The normalized spacial score (nSPS) is 30.1. The summed E-state index contributed by atoms with van der Waals surface area (Å²) in [5, 5.41) is 12.2. The van der Waals surface area contributed by atoms with Crippen molar-refractivity contribution in [1.82, 2.24) is 10.2 Å². The molecule has 104 valence electrons. The molecule has 1 saturated carbocycles. The summed E-state index contributed by atoms with van der Waals surface area (Å²) in [6, 6.07) is 0.367. The molecule has 0 aromatic heterocycles. The Balaban J connectivity index is 1.82. The van der Waals surface area contributed by atoms with Crippen molar-refractivity contribution in [2.75, 3.05) is 19.6 Å². The minimum atomic E-state index is -0.711. The topological polar surface area (TPSA) is 52.6 Å². The maximum atomic E-state index is 11.1. The lowest BCUT2D eigenvalue weighted by atomic mass is 9.91. The lowest BCUT2D eigenvalue weighted by Crippen LogP contribution is -2.46. The van der Waals surface area contributed by atoms with Gasteiger partial charge in [0.15, 0.2) is 0 Å². The zero-order chi connectivity index (χ0) is 13.0. The maximum absolute atomic E-state index is 11.1. The van der Waals surface area contributed by atoms with Crippen LogP contribution in [0.2, 0.25) is 0 Å². The molecule has 0 spiro atoms. The summed E-state index contributed by atoms with van der Waals surface area (Å²) in [6.07, 6.45) is 7.48. The molecule has 0 aromatic carbocycles. The van der Waals surface area contributed by atoms with Crippen LogP contribution in [0.5, 0.6) is 0 Å². The first-order chi connectivity index (χ1) is 8.72. The molecule has 3 atom stereocenters. The summed E-state index contributed by atoms with van der Waals surface area (Å²) in [5.41, 5.74) is 0. The Labute approximate surface area is 110 Å². The van der Waals surface area contributed by atoms with Crippen LogP contribution in [0.15, 0.2) is 0 Å². The van der Waals surface area contributed by atoms with Gasteiger partial charge < -0.3 is 15.3 Å². The third-order valence-corrected chi connectivity index (χ3v) is 4.56. The monoisotopic (exact) mass is 254 g/mol. The number of nitrogens with zero attached hydrogens (tertiary/aromatic N) is 1. The molecule has 2 aliphatic rings. The van der Waals surface area contributed by atoms with Gasteiger partial charge in [-0.1, -0.05) is 13.3 Å². The molecule has 3 unspecified atom stereocenters. The predicted molar refractivity (Wildman–Crippen MR) is 71.7 cm³/mol. The van der Waals surface area contributed by atoms with E-state index in [2.05, 4.69) is 10.2 Å². The van der Waals surface area contributed by atoms with E-state index in [1.807, 2.05) is 6.92 Å². The van der Waals surface area contributed by atoms with Gasteiger partial charge in [-0.15, -0.1) is 0 Å². The van der Waals surface area contributed by atoms with Gasteiger partial charge in [-0.3, -0.25) is 4.79 Å². The van der Waals surface area contributed by atoms with Crippen molar-refractivity contribution < 1.29 is 9.90 Å². The lowest BCUT2D eigenvalue weighted by Gasteiger charge is -2.38. The summed E-state index contributed by atoms with van der Waals surface area (Å²) in [7, 11) is 0. The highest BCUT2D eigenvalue weighted by molar-refractivity contribution is 5.73.